The van der Waals surface area contributed by atoms with E-state index in [0.717, 1.165) is 11.3 Å². The van der Waals surface area contributed by atoms with E-state index in [-0.39, 0.29) is 5.78 Å². The average Bonchev–Trinajstić information content (AvgIpc) is 2.05. The lowest BCUT2D eigenvalue weighted by Crippen LogP contribution is -1.94. The number of nitrogens with one attached hydrogen (secondary N) is 1. The lowest BCUT2D eigenvalue weighted by Gasteiger charge is -2.00. The Balaban J connectivity index is 3.01. The van der Waals surface area contributed by atoms with Gasteiger partial charge < -0.3 is 5.32 Å². The summed E-state index contributed by atoms with van der Waals surface area (Å²) < 4.78 is 0. The van der Waals surface area contributed by atoms with Crippen LogP contribution in [0.4, 0.5) is 5.69 Å². The van der Waals surface area contributed by atoms with E-state index in [2.05, 4.69) is 5.32 Å². The number of ketones is 1. The molecular weight excluding hydrogens is 138 g/mol. The smallest absolute Gasteiger partial charge is 0.159 e. The summed E-state index contributed by atoms with van der Waals surface area (Å²) in [5.41, 5.74) is 1.72. The van der Waals surface area contributed by atoms with Crippen LogP contribution in [0.25, 0.3) is 0 Å². The van der Waals surface area contributed by atoms with Crippen LogP contribution in [0.2, 0.25) is 0 Å². The number of hydrogen-bond acceptors (Lipinski definition) is 2. The molecule has 0 fully saturated rings. The maximum Gasteiger partial charge on any atom is 0.159 e. The second-order valence-corrected chi connectivity index (χ2v) is 2.39. The summed E-state index contributed by atoms with van der Waals surface area (Å²) in [6, 6.07) is 7.43. The Labute approximate surface area is 66.2 Å². The van der Waals surface area contributed by atoms with Gasteiger partial charge in [-0.2, -0.15) is 0 Å². The summed E-state index contributed by atoms with van der Waals surface area (Å²) in [6.45, 7) is 1.56. The highest BCUT2D eigenvalue weighted by Crippen LogP contribution is 2.09. The zero-order chi connectivity index (χ0) is 8.27. The van der Waals surface area contributed by atoms with Crippen molar-refractivity contribution in [3.63, 3.8) is 0 Å². The third-order valence-electron chi connectivity index (χ3n) is 1.56. The van der Waals surface area contributed by atoms with Crippen LogP contribution in [-0.4, -0.2) is 12.8 Å². The van der Waals surface area contributed by atoms with E-state index in [1.807, 2.05) is 31.3 Å². The fraction of sp³-hybridized carbons (Fsp3) is 0.222. The van der Waals surface area contributed by atoms with Gasteiger partial charge in [-0.1, -0.05) is 12.1 Å². The zero-order valence-corrected chi connectivity index (χ0v) is 6.72. The molecule has 2 nitrogen and oxygen atoms in total. The van der Waals surface area contributed by atoms with Gasteiger partial charge in [-0.05, 0) is 19.1 Å². The van der Waals surface area contributed by atoms with Gasteiger partial charge in [0.25, 0.3) is 0 Å². The summed E-state index contributed by atoms with van der Waals surface area (Å²) in [4.78, 5) is 10.9. The van der Waals surface area contributed by atoms with Gasteiger partial charge in [-0.3, -0.25) is 4.79 Å². The van der Waals surface area contributed by atoms with Crippen LogP contribution in [0, 0.1) is 0 Å². The lowest BCUT2D eigenvalue weighted by atomic mass is 10.1. The Morgan fingerprint density at radius 2 is 2.18 bits per heavy atom. The van der Waals surface area contributed by atoms with E-state index in [4.69, 9.17) is 0 Å². The Kier molecular flexibility index (Phi) is 2.26. The highest BCUT2D eigenvalue weighted by molar-refractivity contribution is 5.94. The molecule has 1 aromatic carbocycles. The molecule has 0 saturated carbocycles. The van der Waals surface area contributed by atoms with Crippen molar-refractivity contribution in [1.29, 1.82) is 0 Å². The highest BCUT2D eigenvalue weighted by Gasteiger charge is 1.97. The van der Waals surface area contributed by atoms with Gasteiger partial charge in [0.05, 0.1) is 0 Å². The van der Waals surface area contributed by atoms with Crippen LogP contribution >= 0.6 is 0 Å². The van der Waals surface area contributed by atoms with Gasteiger partial charge in [0.2, 0.25) is 0 Å². The van der Waals surface area contributed by atoms with Gasteiger partial charge in [0, 0.05) is 18.3 Å². The molecular formula is C9H11NO. The van der Waals surface area contributed by atoms with E-state index in [9.17, 15) is 4.79 Å². The quantitative estimate of drug-likeness (QED) is 0.651. The molecule has 0 saturated heterocycles. The minimum atomic E-state index is 0.0992. The molecule has 0 unspecified atom stereocenters. The van der Waals surface area contributed by atoms with Crippen molar-refractivity contribution in [1.82, 2.24) is 0 Å². The molecule has 0 radical (unpaired) electrons. The number of carbonyl (C=O) groups excluding carboxylic acids is 1. The molecule has 0 aliphatic rings. The SMILES string of the molecule is CNc1cccc(C(C)=O)c1. The van der Waals surface area contributed by atoms with Gasteiger partial charge in [0.1, 0.15) is 0 Å². The summed E-state index contributed by atoms with van der Waals surface area (Å²) >= 11 is 0. The van der Waals surface area contributed by atoms with Crippen molar-refractivity contribution in [3.8, 4) is 0 Å². The molecule has 58 valence electrons. The lowest BCUT2D eigenvalue weighted by molar-refractivity contribution is 0.101. The van der Waals surface area contributed by atoms with E-state index < -0.39 is 0 Å². The Hall–Kier alpha value is -1.31. The predicted molar refractivity (Wildman–Crippen MR) is 46.0 cm³/mol. The zero-order valence-electron chi connectivity index (χ0n) is 6.72. The van der Waals surface area contributed by atoms with E-state index in [1.165, 1.54) is 0 Å². The summed E-state index contributed by atoms with van der Waals surface area (Å²) in [7, 11) is 1.83. The van der Waals surface area contributed by atoms with E-state index in [0.29, 0.717) is 0 Å². The van der Waals surface area contributed by atoms with Crippen LogP contribution in [0.3, 0.4) is 0 Å². The number of hydrogen-bond donors (Lipinski definition) is 1. The summed E-state index contributed by atoms with van der Waals surface area (Å²) in [6.07, 6.45) is 0. The van der Waals surface area contributed by atoms with Crippen LogP contribution in [0.15, 0.2) is 24.3 Å². The molecule has 0 spiro atoms. The van der Waals surface area contributed by atoms with Gasteiger partial charge >= 0.3 is 0 Å². The first-order valence-corrected chi connectivity index (χ1v) is 3.53. The Bertz CT molecular complexity index is 268. The number of carbonyl (C=O) groups is 1. The first-order chi connectivity index (χ1) is 5.24. The fourth-order valence-electron chi connectivity index (χ4n) is 0.894. The number of Topliss-reactive ketones (excluding diaryl/α,β-unsaturated/α-hetero) is 1. The molecule has 0 aromatic heterocycles. The van der Waals surface area contributed by atoms with E-state index in [1.54, 1.807) is 6.92 Å². The van der Waals surface area contributed by atoms with Crippen LogP contribution < -0.4 is 5.32 Å². The maximum atomic E-state index is 10.9. The van der Waals surface area contributed by atoms with Crippen molar-refractivity contribution in [2.75, 3.05) is 12.4 Å². The molecule has 1 aromatic rings. The molecule has 0 bridgehead atoms. The topological polar surface area (TPSA) is 29.1 Å². The minimum Gasteiger partial charge on any atom is -0.388 e. The summed E-state index contributed by atoms with van der Waals surface area (Å²) in [5.74, 6) is 0.0992. The van der Waals surface area contributed by atoms with Crippen molar-refractivity contribution < 1.29 is 4.79 Å². The van der Waals surface area contributed by atoms with Crippen molar-refractivity contribution in [2.45, 2.75) is 6.92 Å². The molecule has 1 N–H and O–H groups in total. The molecule has 0 amide bonds. The maximum absolute atomic E-state index is 10.9. The van der Waals surface area contributed by atoms with Crippen molar-refractivity contribution in [3.05, 3.63) is 29.8 Å². The largest absolute Gasteiger partial charge is 0.388 e. The highest BCUT2D eigenvalue weighted by atomic mass is 16.1. The predicted octanol–water partition coefficient (Wildman–Crippen LogP) is 1.93. The molecule has 0 heterocycles. The molecule has 0 atom stereocenters. The minimum absolute atomic E-state index is 0.0992. The third-order valence-corrected chi connectivity index (χ3v) is 1.56. The standard InChI is InChI=1S/C9H11NO/c1-7(11)8-4-3-5-9(6-8)10-2/h3-6,10H,1-2H3. The number of anilines is 1. The molecule has 2 heteroatoms. The van der Waals surface area contributed by atoms with Crippen molar-refractivity contribution in [2.24, 2.45) is 0 Å². The Morgan fingerprint density at radius 1 is 1.45 bits per heavy atom. The van der Waals surface area contributed by atoms with Gasteiger partial charge in [-0.15, -0.1) is 0 Å². The normalized spacial score (nSPS) is 9.27. The molecule has 0 aliphatic heterocycles. The van der Waals surface area contributed by atoms with Crippen LogP contribution in [-0.2, 0) is 0 Å². The van der Waals surface area contributed by atoms with Crippen LogP contribution in [0.1, 0.15) is 17.3 Å². The molecule has 1 rings (SSSR count). The first kappa shape index (κ1) is 7.79. The Morgan fingerprint density at radius 3 is 2.73 bits per heavy atom. The first-order valence-electron chi connectivity index (χ1n) is 3.53. The molecule has 0 aliphatic carbocycles. The van der Waals surface area contributed by atoms with E-state index >= 15 is 0 Å². The van der Waals surface area contributed by atoms with Gasteiger partial charge in [0.15, 0.2) is 5.78 Å². The monoisotopic (exact) mass is 149 g/mol. The number of benzene rings is 1. The average molecular weight is 149 g/mol. The fourth-order valence-corrected chi connectivity index (χ4v) is 0.894. The molecule has 11 heavy (non-hydrogen) atoms. The third kappa shape index (κ3) is 1.80. The summed E-state index contributed by atoms with van der Waals surface area (Å²) in [5, 5.41) is 2.97. The second-order valence-electron chi connectivity index (χ2n) is 2.39. The van der Waals surface area contributed by atoms with Gasteiger partial charge in [-0.25, -0.2) is 0 Å². The van der Waals surface area contributed by atoms with Crippen molar-refractivity contribution >= 4 is 11.5 Å². The van der Waals surface area contributed by atoms with Crippen LogP contribution in [0.5, 0.6) is 0 Å². The number of rotatable bonds is 2. The second kappa shape index (κ2) is 3.19.